The van der Waals surface area contributed by atoms with Gasteiger partial charge in [0.05, 0.1) is 6.61 Å². The van der Waals surface area contributed by atoms with Crippen LogP contribution in [-0.2, 0) is 9.47 Å². The molecule has 0 aromatic rings. The zero-order valence-electron chi connectivity index (χ0n) is 6.36. The Bertz CT molecular complexity index is 153. The molecular formula is C7H12O4. The van der Waals surface area contributed by atoms with Crippen LogP contribution in [0.3, 0.4) is 0 Å². The number of methoxy groups -OCH3 is 1. The van der Waals surface area contributed by atoms with E-state index in [9.17, 15) is 5.11 Å². The Balaban J connectivity index is 2.61. The van der Waals surface area contributed by atoms with Crippen LogP contribution in [0, 0.1) is 0 Å². The average Bonchev–Trinajstić information content (AvgIpc) is 2.30. The Morgan fingerprint density at radius 2 is 2.36 bits per heavy atom. The zero-order valence-corrected chi connectivity index (χ0v) is 6.36. The molecule has 1 fully saturated rings. The standard InChI is InChI=1S/C7H12O4/c1-4-5(3-8)11-7(10-2)6(4)9/h5-9H,1,3H2,2H3/t5-,6-,7?/m1/s1. The molecular weight excluding hydrogens is 148 g/mol. The van der Waals surface area contributed by atoms with Crippen molar-refractivity contribution < 1.29 is 19.7 Å². The van der Waals surface area contributed by atoms with Gasteiger partial charge in [-0.05, 0) is 5.57 Å². The van der Waals surface area contributed by atoms with E-state index in [1.54, 1.807) is 0 Å². The summed E-state index contributed by atoms with van der Waals surface area (Å²) in [4.78, 5) is 0. The second-order valence-corrected chi connectivity index (χ2v) is 2.43. The van der Waals surface area contributed by atoms with Gasteiger partial charge in [0, 0.05) is 7.11 Å². The first-order valence-corrected chi connectivity index (χ1v) is 3.36. The van der Waals surface area contributed by atoms with Gasteiger partial charge in [-0.1, -0.05) is 6.58 Å². The van der Waals surface area contributed by atoms with Crippen molar-refractivity contribution in [3.63, 3.8) is 0 Å². The van der Waals surface area contributed by atoms with E-state index in [1.165, 1.54) is 7.11 Å². The van der Waals surface area contributed by atoms with Gasteiger partial charge in [-0.2, -0.15) is 0 Å². The third-order valence-corrected chi connectivity index (χ3v) is 1.75. The molecule has 1 aliphatic heterocycles. The van der Waals surface area contributed by atoms with Gasteiger partial charge >= 0.3 is 0 Å². The van der Waals surface area contributed by atoms with Gasteiger partial charge in [-0.15, -0.1) is 0 Å². The minimum Gasteiger partial charge on any atom is -0.393 e. The van der Waals surface area contributed by atoms with Crippen LogP contribution in [0.15, 0.2) is 12.2 Å². The first kappa shape index (κ1) is 8.67. The molecule has 4 heteroatoms. The van der Waals surface area contributed by atoms with Crippen molar-refractivity contribution >= 4 is 0 Å². The molecule has 0 saturated carbocycles. The Hall–Kier alpha value is -0.420. The van der Waals surface area contributed by atoms with Gasteiger partial charge in [-0.25, -0.2) is 0 Å². The Labute approximate surface area is 65.0 Å². The predicted molar refractivity (Wildman–Crippen MR) is 37.9 cm³/mol. The number of aliphatic hydroxyl groups is 2. The van der Waals surface area contributed by atoms with Crippen molar-refractivity contribution in [2.24, 2.45) is 0 Å². The lowest BCUT2D eigenvalue weighted by Crippen LogP contribution is -2.23. The topological polar surface area (TPSA) is 58.9 Å². The number of rotatable bonds is 2. The normalized spacial score (nSPS) is 38.1. The summed E-state index contributed by atoms with van der Waals surface area (Å²) < 4.78 is 9.84. The van der Waals surface area contributed by atoms with Gasteiger partial charge in [-0.3, -0.25) is 0 Å². The van der Waals surface area contributed by atoms with Crippen molar-refractivity contribution in [3.8, 4) is 0 Å². The molecule has 1 rings (SSSR count). The van der Waals surface area contributed by atoms with E-state index in [-0.39, 0.29) is 6.61 Å². The molecule has 0 amide bonds. The van der Waals surface area contributed by atoms with Crippen LogP contribution in [0.4, 0.5) is 0 Å². The second kappa shape index (κ2) is 3.32. The van der Waals surface area contributed by atoms with Crippen LogP contribution in [-0.4, -0.2) is 42.4 Å². The number of hydrogen-bond acceptors (Lipinski definition) is 4. The quantitative estimate of drug-likeness (QED) is 0.523. The van der Waals surface area contributed by atoms with E-state index >= 15 is 0 Å². The van der Waals surface area contributed by atoms with Gasteiger partial charge in [0.1, 0.15) is 12.2 Å². The van der Waals surface area contributed by atoms with Crippen LogP contribution in [0.25, 0.3) is 0 Å². The van der Waals surface area contributed by atoms with Gasteiger partial charge in [0.2, 0.25) is 0 Å². The molecule has 4 nitrogen and oxygen atoms in total. The highest BCUT2D eigenvalue weighted by molar-refractivity contribution is 5.14. The summed E-state index contributed by atoms with van der Waals surface area (Å²) in [6.07, 6.45) is -1.99. The molecule has 1 unspecified atom stereocenters. The summed E-state index contributed by atoms with van der Waals surface area (Å²) in [7, 11) is 1.43. The van der Waals surface area contributed by atoms with E-state index in [2.05, 4.69) is 6.58 Å². The van der Waals surface area contributed by atoms with Crippen molar-refractivity contribution in [3.05, 3.63) is 12.2 Å². The molecule has 1 heterocycles. The molecule has 0 aliphatic carbocycles. The number of hydrogen-bond donors (Lipinski definition) is 2. The highest BCUT2D eigenvalue weighted by Gasteiger charge is 2.36. The monoisotopic (exact) mass is 160 g/mol. The number of aliphatic hydroxyl groups excluding tert-OH is 2. The molecule has 0 bridgehead atoms. The van der Waals surface area contributed by atoms with Crippen molar-refractivity contribution in [2.75, 3.05) is 13.7 Å². The highest BCUT2D eigenvalue weighted by atomic mass is 16.7. The molecule has 2 N–H and O–H groups in total. The molecule has 1 aliphatic rings. The van der Waals surface area contributed by atoms with E-state index < -0.39 is 18.5 Å². The smallest absolute Gasteiger partial charge is 0.187 e. The van der Waals surface area contributed by atoms with Crippen LogP contribution >= 0.6 is 0 Å². The Morgan fingerprint density at radius 1 is 1.73 bits per heavy atom. The van der Waals surface area contributed by atoms with Crippen molar-refractivity contribution in [1.29, 1.82) is 0 Å². The molecule has 11 heavy (non-hydrogen) atoms. The maximum absolute atomic E-state index is 9.30. The molecule has 3 atom stereocenters. The molecule has 0 aromatic carbocycles. The summed E-state index contributed by atoms with van der Waals surface area (Å²) in [5.41, 5.74) is 0.472. The second-order valence-electron chi connectivity index (χ2n) is 2.43. The molecule has 0 radical (unpaired) electrons. The van der Waals surface area contributed by atoms with Gasteiger partial charge in [0.25, 0.3) is 0 Å². The minimum atomic E-state index is -0.822. The molecule has 0 aromatic heterocycles. The third kappa shape index (κ3) is 1.44. The lowest BCUT2D eigenvalue weighted by atomic mass is 10.1. The summed E-state index contributed by atoms with van der Waals surface area (Å²) in [6.45, 7) is 3.40. The predicted octanol–water partition coefficient (Wildman–Crippen LogP) is -0.733. The largest absolute Gasteiger partial charge is 0.393 e. The summed E-state index contributed by atoms with van der Waals surface area (Å²) >= 11 is 0. The first-order chi connectivity index (χ1) is 5.20. The first-order valence-electron chi connectivity index (χ1n) is 3.36. The van der Waals surface area contributed by atoms with E-state index in [1.807, 2.05) is 0 Å². The van der Waals surface area contributed by atoms with Crippen LogP contribution in [0.2, 0.25) is 0 Å². The zero-order chi connectivity index (χ0) is 8.43. The van der Waals surface area contributed by atoms with Crippen LogP contribution in [0.1, 0.15) is 0 Å². The maximum Gasteiger partial charge on any atom is 0.187 e. The third-order valence-electron chi connectivity index (χ3n) is 1.75. The molecule has 64 valence electrons. The van der Waals surface area contributed by atoms with E-state index in [4.69, 9.17) is 14.6 Å². The van der Waals surface area contributed by atoms with Crippen molar-refractivity contribution in [1.82, 2.24) is 0 Å². The molecule has 1 saturated heterocycles. The van der Waals surface area contributed by atoms with Crippen molar-refractivity contribution in [2.45, 2.75) is 18.5 Å². The van der Waals surface area contributed by atoms with Crippen LogP contribution in [0.5, 0.6) is 0 Å². The fraction of sp³-hybridized carbons (Fsp3) is 0.714. The Morgan fingerprint density at radius 3 is 2.64 bits per heavy atom. The molecule has 0 spiro atoms. The fourth-order valence-corrected chi connectivity index (χ4v) is 1.03. The Kier molecular flexibility index (Phi) is 2.62. The maximum atomic E-state index is 9.30. The van der Waals surface area contributed by atoms with Crippen LogP contribution < -0.4 is 0 Å². The van der Waals surface area contributed by atoms with E-state index in [0.29, 0.717) is 5.57 Å². The fourth-order valence-electron chi connectivity index (χ4n) is 1.03. The van der Waals surface area contributed by atoms with Gasteiger partial charge in [0.15, 0.2) is 6.29 Å². The number of ether oxygens (including phenoxy) is 2. The lowest BCUT2D eigenvalue weighted by Gasteiger charge is -2.10. The van der Waals surface area contributed by atoms with Gasteiger partial charge < -0.3 is 19.7 Å². The van der Waals surface area contributed by atoms with E-state index in [0.717, 1.165) is 0 Å². The highest BCUT2D eigenvalue weighted by Crippen LogP contribution is 2.24. The minimum absolute atomic E-state index is 0.171. The summed E-state index contributed by atoms with van der Waals surface area (Å²) in [5, 5.41) is 18.0. The SMILES string of the molecule is C=C1[C@@H](O)C(OC)O[C@@H]1CO. The average molecular weight is 160 g/mol. The summed E-state index contributed by atoms with van der Waals surface area (Å²) in [6, 6.07) is 0. The summed E-state index contributed by atoms with van der Waals surface area (Å²) in [5.74, 6) is 0. The lowest BCUT2D eigenvalue weighted by molar-refractivity contribution is -0.153.